The molecule has 1 atom stereocenters. The van der Waals surface area contributed by atoms with E-state index in [2.05, 4.69) is 14.6 Å². The number of nitrogens with one attached hydrogen (secondary N) is 1. The first-order chi connectivity index (χ1) is 18.0. The van der Waals surface area contributed by atoms with Gasteiger partial charge in [-0.3, -0.25) is 4.21 Å². The second kappa shape index (κ2) is 11.2. The fourth-order valence-electron chi connectivity index (χ4n) is 4.22. The van der Waals surface area contributed by atoms with Crippen molar-refractivity contribution in [3.63, 3.8) is 0 Å². The van der Waals surface area contributed by atoms with Gasteiger partial charge >= 0.3 is 0 Å². The number of hydrogen-bond donors (Lipinski definition) is 2. The van der Waals surface area contributed by atoms with Crippen LogP contribution >= 0.6 is 0 Å². The molecule has 4 aromatic rings. The summed E-state index contributed by atoms with van der Waals surface area (Å²) in [7, 11) is 0. The first kappa shape index (κ1) is 25.1. The zero-order chi connectivity index (χ0) is 25.8. The molecule has 0 amide bonds. The summed E-state index contributed by atoms with van der Waals surface area (Å²) in [5.74, 6) is 1.17. The Hall–Kier alpha value is -3.58. The van der Waals surface area contributed by atoms with Crippen LogP contribution in [-0.4, -0.2) is 61.5 Å². The first-order valence-corrected chi connectivity index (χ1v) is 12.9. The van der Waals surface area contributed by atoms with Gasteiger partial charge in [0.15, 0.2) is 11.6 Å². The number of nitrogen functional groups attached to an aromatic ring is 1. The van der Waals surface area contributed by atoms with Gasteiger partial charge in [-0.1, -0.05) is 12.1 Å². The SMILES string of the molecule is Nc1ccc(-c2nc(N3CCOCC3)c3nc(-c4cccc(CCCNS(=O)[O-])c4F)ccc3n2)cn1. The highest BCUT2D eigenvalue weighted by molar-refractivity contribution is 7.77. The summed E-state index contributed by atoms with van der Waals surface area (Å²) in [5, 5.41) is 0. The van der Waals surface area contributed by atoms with Gasteiger partial charge in [-0.25, -0.2) is 29.0 Å². The third-order valence-electron chi connectivity index (χ3n) is 6.08. The maximum absolute atomic E-state index is 15.5. The Balaban J connectivity index is 1.54. The molecule has 1 aliphatic heterocycles. The number of benzene rings is 1. The van der Waals surface area contributed by atoms with Crippen molar-refractivity contribution < 1.29 is 17.9 Å². The zero-order valence-corrected chi connectivity index (χ0v) is 20.7. The Morgan fingerprint density at radius 2 is 1.95 bits per heavy atom. The van der Waals surface area contributed by atoms with Crippen LogP contribution < -0.4 is 15.4 Å². The largest absolute Gasteiger partial charge is 0.760 e. The van der Waals surface area contributed by atoms with Crippen molar-refractivity contribution in [3.8, 4) is 22.6 Å². The highest BCUT2D eigenvalue weighted by atomic mass is 32.2. The molecular weight excluding hydrogens is 497 g/mol. The molecule has 5 rings (SSSR count). The Morgan fingerprint density at radius 1 is 1.11 bits per heavy atom. The molecule has 0 saturated carbocycles. The molecule has 0 spiro atoms. The fourth-order valence-corrected chi connectivity index (χ4v) is 4.53. The molecule has 0 bridgehead atoms. The van der Waals surface area contributed by atoms with Gasteiger partial charge in [0, 0.05) is 48.2 Å². The second-order valence-electron chi connectivity index (χ2n) is 8.52. The number of nitrogens with two attached hydrogens (primary N) is 1. The number of fused-ring (bicyclic) bond motifs is 1. The zero-order valence-electron chi connectivity index (χ0n) is 19.9. The van der Waals surface area contributed by atoms with Crippen LogP contribution in [0.2, 0.25) is 0 Å². The standard InChI is InChI=1S/C25H26FN7O3S/c26-22-16(4-2-10-29-37(34)35)3-1-5-18(22)19-7-8-20-23(30-19)25(33-11-13-36-14-12-33)32-24(31-20)17-6-9-21(27)28-15-17/h1,3,5-9,15,29H,2,4,10-14H2,(H2,27,28)(H,34,35)/p-1. The quantitative estimate of drug-likeness (QED) is 0.264. The minimum absolute atomic E-state index is 0.236. The average Bonchev–Trinajstić information content (AvgIpc) is 2.92. The van der Waals surface area contributed by atoms with Crippen molar-refractivity contribution in [2.45, 2.75) is 12.8 Å². The molecule has 4 heterocycles. The molecule has 1 unspecified atom stereocenters. The van der Waals surface area contributed by atoms with Crippen LogP contribution in [0.25, 0.3) is 33.7 Å². The maximum Gasteiger partial charge on any atom is 0.163 e. The van der Waals surface area contributed by atoms with Crippen LogP contribution in [0, 0.1) is 5.82 Å². The number of halogens is 1. The Morgan fingerprint density at radius 3 is 2.70 bits per heavy atom. The van der Waals surface area contributed by atoms with Gasteiger partial charge in [0.05, 0.1) is 24.4 Å². The van der Waals surface area contributed by atoms with Gasteiger partial charge in [0.25, 0.3) is 0 Å². The Bertz CT molecular complexity index is 1430. The van der Waals surface area contributed by atoms with E-state index in [1.165, 1.54) is 0 Å². The Labute approximate surface area is 215 Å². The molecule has 1 saturated heterocycles. The summed E-state index contributed by atoms with van der Waals surface area (Å²) in [6.45, 7) is 2.65. The van der Waals surface area contributed by atoms with Crippen LogP contribution in [0.4, 0.5) is 16.0 Å². The maximum atomic E-state index is 15.5. The molecule has 1 fully saturated rings. The summed E-state index contributed by atoms with van der Waals surface area (Å²) in [5.41, 5.74) is 8.98. The van der Waals surface area contributed by atoms with Crippen molar-refractivity contribution in [2.24, 2.45) is 0 Å². The van der Waals surface area contributed by atoms with Crippen molar-refractivity contribution in [2.75, 3.05) is 43.5 Å². The molecular formula is C25H25FN7O3S-. The number of hydrogen-bond acceptors (Lipinski definition) is 9. The number of aromatic nitrogens is 4. The molecule has 3 aromatic heterocycles. The van der Waals surface area contributed by atoms with E-state index in [4.69, 9.17) is 25.4 Å². The van der Waals surface area contributed by atoms with E-state index in [9.17, 15) is 8.76 Å². The lowest BCUT2D eigenvalue weighted by Gasteiger charge is -2.28. The lowest BCUT2D eigenvalue weighted by atomic mass is 10.0. The summed E-state index contributed by atoms with van der Waals surface area (Å²) in [6.07, 6.45) is 2.49. The van der Waals surface area contributed by atoms with Crippen molar-refractivity contribution in [1.29, 1.82) is 0 Å². The topological polar surface area (TPSA) is 142 Å². The number of anilines is 2. The summed E-state index contributed by atoms with van der Waals surface area (Å²) in [6, 6.07) is 12.2. The predicted octanol–water partition coefficient (Wildman–Crippen LogP) is 2.63. The molecule has 3 N–H and O–H groups in total. The summed E-state index contributed by atoms with van der Waals surface area (Å²) in [4.78, 5) is 20.6. The van der Waals surface area contributed by atoms with Crippen molar-refractivity contribution in [3.05, 3.63) is 60.0 Å². The van der Waals surface area contributed by atoms with Crippen molar-refractivity contribution in [1.82, 2.24) is 24.7 Å². The third-order valence-corrected chi connectivity index (χ3v) is 6.52. The minimum Gasteiger partial charge on any atom is -0.760 e. The van der Waals surface area contributed by atoms with Gasteiger partial charge in [0.1, 0.15) is 17.2 Å². The molecule has 12 heteroatoms. The van der Waals surface area contributed by atoms with Gasteiger partial charge in [-0.2, -0.15) is 0 Å². The summed E-state index contributed by atoms with van der Waals surface area (Å²) >= 11 is -2.33. The molecule has 37 heavy (non-hydrogen) atoms. The van der Waals surface area contributed by atoms with Crippen LogP contribution in [0.5, 0.6) is 0 Å². The van der Waals surface area contributed by atoms with E-state index >= 15 is 4.39 Å². The molecule has 192 valence electrons. The number of pyridine rings is 2. The van der Waals surface area contributed by atoms with Crippen LogP contribution in [0.3, 0.4) is 0 Å². The average molecular weight is 523 g/mol. The number of nitrogens with zero attached hydrogens (tertiary/aromatic N) is 5. The number of ether oxygens (including phenoxy) is 1. The van der Waals surface area contributed by atoms with Crippen LogP contribution in [0.1, 0.15) is 12.0 Å². The van der Waals surface area contributed by atoms with Crippen molar-refractivity contribution >= 4 is 33.9 Å². The van der Waals surface area contributed by atoms with Crippen LogP contribution in [-0.2, 0) is 22.4 Å². The highest BCUT2D eigenvalue weighted by Gasteiger charge is 2.21. The number of aryl methyl sites for hydroxylation is 1. The lowest BCUT2D eigenvalue weighted by molar-refractivity contribution is 0.122. The van der Waals surface area contributed by atoms with E-state index in [0.29, 0.717) is 84.5 Å². The van der Waals surface area contributed by atoms with Crippen LogP contribution in [0.15, 0.2) is 48.7 Å². The van der Waals surface area contributed by atoms with Gasteiger partial charge in [0.2, 0.25) is 0 Å². The number of morpholine rings is 1. The molecule has 10 nitrogen and oxygen atoms in total. The Kier molecular flexibility index (Phi) is 7.60. The first-order valence-electron chi connectivity index (χ1n) is 11.8. The second-order valence-corrected chi connectivity index (χ2v) is 9.28. The van der Waals surface area contributed by atoms with Gasteiger partial charge in [-0.05, 0) is 48.7 Å². The normalized spacial score (nSPS) is 14.7. The molecule has 1 aromatic carbocycles. The molecule has 0 aliphatic carbocycles. The van der Waals surface area contributed by atoms with E-state index in [0.717, 1.165) is 5.56 Å². The molecule has 0 radical (unpaired) electrons. The lowest BCUT2D eigenvalue weighted by Crippen LogP contribution is -2.37. The van der Waals surface area contributed by atoms with E-state index in [1.807, 2.05) is 12.1 Å². The van der Waals surface area contributed by atoms with Gasteiger partial charge < -0.3 is 19.9 Å². The fraction of sp³-hybridized carbons (Fsp3) is 0.280. The highest BCUT2D eigenvalue weighted by Crippen LogP contribution is 2.31. The minimum atomic E-state index is -2.33. The monoisotopic (exact) mass is 522 g/mol. The number of rotatable bonds is 8. The smallest absolute Gasteiger partial charge is 0.163 e. The van der Waals surface area contributed by atoms with E-state index in [-0.39, 0.29) is 12.4 Å². The van der Waals surface area contributed by atoms with E-state index in [1.54, 1.807) is 36.5 Å². The van der Waals surface area contributed by atoms with Gasteiger partial charge in [-0.15, -0.1) is 0 Å². The third kappa shape index (κ3) is 5.72. The summed E-state index contributed by atoms with van der Waals surface area (Å²) < 4.78 is 44.6. The van der Waals surface area contributed by atoms with E-state index < -0.39 is 11.3 Å². The molecule has 1 aliphatic rings. The predicted molar refractivity (Wildman–Crippen MR) is 139 cm³/mol.